The number of thiophene rings is 1. The number of rotatable bonds is 4. The van der Waals surface area contributed by atoms with Gasteiger partial charge in [0.2, 0.25) is 0 Å². The molecule has 1 aliphatic heterocycles. The Hall–Kier alpha value is -1.38. The van der Waals surface area contributed by atoms with Crippen LogP contribution >= 0.6 is 46.8 Å². The highest BCUT2D eigenvalue weighted by Gasteiger charge is 2.27. The molecule has 32 heavy (non-hydrogen) atoms. The number of hydrogen-bond acceptors (Lipinski definition) is 5. The molecule has 0 radical (unpaired) electrons. The van der Waals surface area contributed by atoms with Crippen LogP contribution in [0.2, 0.25) is 10.0 Å². The molecule has 2 aliphatic rings. The first-order valence-corrected chi connectivity index (χ1v) is 12.9. The number of halogens is 2. The molecule has 9 heteroatoms. The van der Waals surface area contributed by atoms with Crippen LogP contribution < -0.4 is 5.32 Å². The second-order valence-corrected chi connectivity index (χ2v) is 10.5. The van der Waals surface area contributed by atoms with Crippen LogP contribution in [0.3, 0.4) is 0 Å². The third kappa shape index (κ3) is 5.39. The number of thiocarbonyl (C=S) groups is 1. The van der Waals surface area contributed by atoms with Gasteiger partial charge in [-0.05, 0) is 61.2 Å². The molecule has 5 nitrogen and oxygen atoms in total. The fraction of sp³-hybridized carbons (Fsp3) is 0.478. The van der Waals surface area contributed by atoms with Crippen molar-refractivity contribution in [1.82, 2.24) is 9.80 Å². The number of benzene rings is 1. The lowest BCUT2D eigenvalue weighted by molar-refractivity contribution is 0.0601. The third-order valence-corrected chi connectivity index (χ3v) is 8.25. The minimum Gasteiger partial charge on any atom is -0.465 e. The summed E-state index contributed by atoms with van der Waals surface area (Å²) in [4.78, 5) is 18.4. The SMILES string of the molecule is COC(=O)c1c(NC(=S)N2CCN(Cc3ccc(Cl)cc3Cl)CC2)sc2c1CCCCC2. The average molecular weight is 513 g/mol. The van der Waals surface area contributed by atoms with E-state index in [4.69, 9.17) is 40.2 Å². The molecule has 1 fully saturated rings. The second kappa shape index (κ2) is 10.7. The molecule has 2 aromatic rings. The molecule has 1 aromatic carbocycles. The van der Waals surface area contributed by atoms with Gasteiger partial charge in [0.05, 0.1) is 12.7 Å². The molecule has 0 amide bonds. The lowest BCUT2D eigenvalue weighted by Gasteiger charge is -2.36. The number of esters is 1. The van der Waals surface area contributed by atoms with Gasteiger partial charge in [-0.15, -0.1) is 11.3 Å². The fourth-order valence-corrected chi connectivity index (χ4v) is 6.42. The smallest absolute Gasteiger partial charge is 0.341 e. The number of methoxy groups -OCH3 is 1. The highest BCUT2D eigenvalue weighted by molar-refractivity contribution is 7.80. The van der Waals surface area contributed by atoms with Crippen molar-refractivity contribution < 1.29 is 9.53 Å². The Morgan fingerprint density at radius 2 is 1.91 bits per heavy atom. The minimum absolute atomic E-state index is 0.278. The average Bonchev–Trinajstić information content (AvgIpc) is 2.95. The van der Waals surface area contributed by atoms with Crippen molar-refractivity contribution >= 4 is 62.8 Å². The van der Waals surface area contributed by atoms with Gasteiger partial charge in [-0.1, -0.05) is 35.7 Å². The third-order valence-electron chi connectivity index (χ3n) is 6.10. The van der Waals surface area contributed by atoms with Gasteiger partial charge in [0.15, 0.2) is 5.11 Å². The van der Waals surface area contributed by atoms with Gasteiger partial charge in [-0.25, -0.2) is 4.79 Å². The van der Waals surface area contributed by atoms with E-state index in [-0.39, 0.29) is 5.97 Å². The van der Waals surface area contributed by atoms with E-state index in [1.54, 1.807) is 17.4 Å². The second-order valence-electron chi connectivity index (χ2n) is 8.19. The number of nitrogens with zero attached hydrogens (tertiary/aromatic N) is 2. The first-order chi connectivity index (χ1) is 15.5. The van der Waals surface area contributed by atoms with Crippen molar-refractivity contribution in [2.45, 2.75) is 38.6 Å². The minimum atomic E-state index is -0.278. The van der Waals surface area contributed by atoms with E-state index < -0.39 is 0 Å². The number of fused-ring (bicyclic) bond motifs is 1. The molecule has 0 spiro atoms. The van der Waals surface area contributed by atoms with Crippen LogP contribution in [0.25, 0.3) is 0 Å². The number of carbonyl (C=O) groups excluding carboxylic acids is 1. The standard InChI is InChI=1S/C23H27Cl2N3O2S2/c1-30-22(29)20-17-5-3-2-4-6-19(17)32-21(20)26-23(31)28-11-9-27(10-12-28)14-15-7-8-16(24)13-18(15)25/h7-8,13H,2-6,9-12,14H2,1H3,(H,26,31). The van der Waals surface area contributed by atoms with Crippen LogP contribution in [0.15, 0.2) is 18.2 Å². The Morgan fingerprint density at radius 1 is 1.16 bits per heavy atom. The summed E-state index contributed by atoms with van der Waals surface area (Å²) in [6, 6.07) is 5.65. The molecule has 0 unspecified atom stereocenters. The van der Waals surface area contributed by atoms with E-state index >= 15 is 0 Å². The lowest BCUT2D eigenvalue weighted by Crippen LogP contribution is -2.49. The summed E-state index contributed by atoms with van der Waals surface area (Å²) in [5, 5.41) is 6.21. The Bertz CT molecular complexity index is 1000. The van der Waals surface area contributed by atoms with Gasteiger partial charge in [0, 0.05) is 47.6 Å². The molecular weight excluding hydrogens is 485 g/mol. The zero-order valence-corrected chi connectivity index (χ0v) is 21.2. The van der Waals surface area contributed by atoms with Gasteiger partial charge < -0.3 is 15.0 Å². The van der Waals surface area contributed by atoms with E-state index in [9.17, 15) is 4.79 Å². The van der Waals surface area contributed by atoms with Gasteiger partial charge >= 0.3 is 5.97 Å². The van der Waals surface area contributed by atoms with Crippen LogP contribution in [-0.4, -0.2) is 54.2 Å². The van der Waals surface area contributed by atoms with E-state index in [1.807, 2.05) is 12.1 Å². The van der Waals surface area contributed by atoms with Crippen LogP contribution in [0, 0.1) is 0 Å². The summed E-state index contributed by atoms with van der Waals surface area (Å²) >= 11 is 19.7. The monoisotopic (exact) mass is 511 g/mol. The number of hydrogen-bond donors (Lipinski definition) is 1. The Labute approximate surface area is 208 Å². The number of aryl methyl sites for hydroxylation is 1. The first kappa shape index (κ1) is 23.8. The van der Waals surface area contributed by atoms with E-state index in [0.717, 1.165) is 74.5 Å². The summed E-state index contributed by atoms with van der Waals surface area (Å²) in [5.74, 6) is -0.278. The fourth-order valence-electron chi connectivity index (χ4n) is 4.32. The summed E-state index contributed by atoms with van der Waals surface area (Å²) in [7, 11) is 1.44. The molecule has 1 aliphatic carbocycles. The summed E-state index contributed by atoms with van der Waals surface area (Å²) < 4.78 is 5.10. The van der Waals surface area contributed by atoms with Gasteiger partial charge in [0.25, 0.3) is 0 Å². The van der Waals surface area contributed by atoms with Crippen LogP contribution in [0.5, 0.6) is 0 Å². The van der Waals surface area contributed by atoms with Crippen molar-refractivity contribution in [2.75, 3.05) is 38.6 Å². The predicted molar refractivity (Wildman–Crippen MR) is 136 cm³/mol. The van der Waals surface area contributed by atoms with Gasteiger partial charge in [0.1, 0.15) is 5.00 Å². The van der Waals surface area contributed by atoms with Crippen molar-refractivity contribution in [3.05, 3.63) is 49.8 Å². The predicted octanol–water partition coefficient (Wildman–Crippen LogP) is 5.63. The zero-order chi connectivity index (χ0) is 22.7. The maximum atomic E-state index is 12.6. The van der Waals surface area contributed by atoms with Crippen LogP contribution in [-0.2, 0) is 24.1 Å². The molecule has 1 saturated heterocycles. The van der Waals surface area contributed by atoms with Crippen molar-refractivity contribution in [1.29, 1.82) is 0 Å². The molecule has 4 rings (SSSR count). The molecule has 0 bridgehead atoms. The topological polar surface area (TPSA) is 44.8 Å². The van der Waals surface area contributed by atoms with Crippen molar-refractivity contribution in [3.63, 3.8) is 0 Å². The Balaban J connectivity index is 1.39. The molecular formula is C23H27Cl2N3O2S2. The quantitative estimate of drug-likeness (QED) is 0.326. The van der Waals surface area contributed by atoms with Crippen LogP contribution in [0.4, 0.5) is 5.00 Å². The summed E-state index contributed by atoms with van der Waals surface area (Å²) in [6.45, 7) is 4.18. The Morgan fingerprint density at radius 3 is 2.62 bits per heavy atom. The van der Waals surface area contributed by atoms with E-state index in [0.29, 0.717) is 20.7 Å². The Kier molecular flexibility index (Phi) is 7.95. The number of carbonyl (C=O) groups is 1. The highest BCUT2D eigenvalue weighted by Crippen LogP contribution is 2.38. The molecule has 2 heterocycles. The molecule has 172 valence electrons. The first-order valence-electron chi connectivity index (χ1n) is 10.9. The maximum Gasteiger partial charge on any atom is 0.341 e. The van der Waals surface area contributed by atoms with Crippen LogP contribution in [0.1, 0.15) is 45.6 Å². The number of ether oxygens (including phenoxy) is 1. The normalized spacial score (nSPS) is 16.9. The number of piperazine rings is 1. The van der Waals surface area contributed by atoms with E-state index in [2.05, 4.69) is 15.1 Å². The van der Waals surface area contributed by atoms with E-state index in [1.165, 1.54) is 18.4 Å². The highest BCUT2D eigenvalue weighted by atomic mass is 35.5. The summed E-state index contributed by atoms with van der Waals surface area (Å²) in [6.07, 6.45) is 5.42. The molecule has 1 aromatic heterocycles. The maximum absolute atomic E-state index is 12.6. The zero-order valence-electron chi connectivity index (χ0n) is 18.1. The molecule has 0 atom stereocenters. The van der Waals surface area contributed by atoms with Crippen molar-refractivity contribution in [2.24, 2.45) is 0 Å². The number of anilines is 1. The molecule has 1 N–H and O–H groups in total. The lowest BCUT2D eigenvalue weighted by atomic mass is 10.1. The van der Waals surface area contributed by atoms with Crippen molar-refractivity contribution in [3.8, 4) is 0 Å². The molecule has 0 saturated carbocycles. The van der Waals surface area contributed by atoms with Gasteiger partial charge in [-0.2, -0.15) is 0 Å². The largest absolute Gasteiger partial charge is 0.465 e. The van der Waals surface area contributed by atoms with Gasteiger partial charge in [-0.3, -0.25) is 4.90 Å². The number of nitrogens with one attached hydrogen (secondary N) is 1. The summed E-state index contributed by atoms with van der Waals surface area (Å²) in [5.41, 5.74) is 2.90.